The summed E-state index contributed by atoms with van der Waals surface area (Å²) in [5.74, 6) is -0.353. The number of benzene rings is 1. The van der Waals surface area contributed by atoms with Gasteiger partial charge in [0.1, 0.15) is 6.04 Å². The zero-order valence-electron chi connectivity index (χ0n) is 15.1. The van der Waals surface area contributed by atoms with E-state index in [4.69, 9.17) is 0 Å². The number of carbonyl (C=O) groups excluding carboxylic acids is 1. The number of rotatable bonds is 5. The number of aryl methyl sites for hydroxylation is 1. The summed E-state index contributed by atoms with van der Waals surface area (Å²) in [4.78, 5) is 28.1. The van der Waals surface area contributed by atoms with E-state index in [0.29, 0.717) is 18.9 Å². The molecular formula is C20H28N2O3. The maximum Gasteiger partial charge on any atom is 0.320 e. The number of likely N-dealkylation sites (tertiary alicyclic amines) is 1. The Labute approximate surface area is 149 Å². The lowest BCUT2D eigenvalue weighted by Gasteiger charge is -2.33. The van der Waals surface area contributed by atoms with Crippen LogP contribution in [-0.2, 0) is 16.1 Å². The first-order valence-corrected chi connectivity index (χ1v) is 9.24. The van der Waals surface area contributed by atoms with Crippen molar-refractivity contribution in [3.63, 3.8) is 0 Å². The van der Waals surface area contributed by atoms with Gasteiger partial charge in [-0.15, -0.1) is 0 Å². The van der Waals surface area contributed by atoms with Gasteiger partial charge in [0, 0.05) is 19.6 Å². The van der Waals surface area contributed by atoms with Crippen molar-refractivity contribution in [2.75, 3.05) is 13.6 Å². The summed E-state index contributed by atoms with van der Waals surface area (Å²) < 4.78 is 0. The molecule has 136 valence electrons. The number of hydrogen-bond acceptors (Lipinski definition) is 3. The predicted molar refractivity (Wildman–Crippen MR) is 96.1 cm³/mol. The van der Waals surface area contributed by atoms with Gasteiger partial charge >= 0.3 is 5.97 Å². The van der Waals surface area contributed by atoms with E-state index in [1.165, 1.54) is 12.0 Å². The molecular weight excluding hydrogens is 316 g/mol. The summed E-state index contributed by atoms with van der Waals surface area (Å²) in [5, 5.41) is 9.59. The van der Waals surface area contributed by atoms with E-state index >= 15 is 0 Å². The van der Waals surface area contributed by atoms with Gasteiger partial charge in [-0.1, -0.05) is 37.1 Å². The summed E-state index contributed by atoms with van der Waals surface area (Å²) in [5.41, 5.74) is 2.30. The van der Waals surface area contributed by atoms with Crippen molar-refractivity contribution in [1.29, 1.82) is 0 Å². The molecule has 1 saturated heterocycles. The lowest BCUT2D eigenvalue weighted by atomic mass is 9.85. The van der Waals surface area contributed by atoms with E-state index in [-0.39, 0.29) is 18.5 Å². The van der Waals surface area contributed by atoms with Crippen molar-refractivity contribution in [1.82, 2.24) is 9.80 Å². The molecule has 1 saturated carbocycles. The highest BCUT2D eigenvalue weighted by Crippen LogP contribution is 2.39. The Balaban J connectivity index is 1.67. The van der Waals surface area contributed by atoms with Crippen molar-refractivity contribution >= 4 is 11.9 Å². The fourth-order valence-electron chi connectivity index (χ4n) is 4.43. The molecule has 1 amide bonds. The molecule has 0 radical (unpaired) electrons. The maximum absolute atomic E-state index is 12.7. The Kier molecular flexibility index (Phi) is 5.42. The van der Waals surface area contributed by atoms with Crippen molar-refractivity contribution in [3.8, 4) is 0 Å². The number of fused-ring (bicyclic) bond motifs is 1. The van der Waals surface area contributed by atoms with Crippen LogP contribution in [0.25, 0.3) is 0 Å². The molecule has 2 fully saturated rings. The second-order valence-corrected chi connectivity index (χ2v) is 7.55. The Morgan fingerprint density at radius 2 is 1.96 bits per heavy atom. The number of likely N-dealkylation sites (N-methyl/N-ethyl adjacent to an activating group) is 1. The van der Waals surface area contributed by atoms with Crippen LogP contribution in [0.15, 0.2) is 24.3 Å². The molecule has 0 spiro atoms. The second kappa shape index (κ2) is 7.56. The van der Waals surface area contributed by atoms with Crippen LogP contribution in [0.1, 0.15) is 43.2 Å². The molecule has 1 aliphatic carbocycles. The number of carboxylic acid groups (broad SMARTS) is 1. The quantitative estimate of drug-likeness (QED) is 0.892. The van der Waals surface area contributed by atoms with Crippen molar-refractivity contribution in [2.45, 2.75) is 57.7 Å². The summed E-state index contributed by atoms with van der Waals surface area (Å²) in [6, 6.07) is 7.79. The number of aliphatic carboxylic acids is 1. The largest absolute Gasteiger partial charge is 0.480 e. The van der Waals surface area contributed by atoms with Crippen LogP contribution in [0.2, 0.25) is 0 Å². The molecule has 3 atom stereocenters. The predicted octanol–water partition coefficient (Wildman–Crippen LogP) is 2.67. The molecule has 3 rings (SSSR count). The molecule has 1 aromatic carbocycles. The van der Waals surface area contributed by atoms with E-state index < -0.39 is 12.0 Å². The average Bonchev–Trinajstić information content (AvgIpc) is 2.96. The molecule has 0 unspecified atom stereocenters. The molecule has 0 aromatic heterocycles. The zero-order valence-corrected chi connectivity index (χ0v) is 15.1. The summed E-state index contributed by atoms with van der Waals surface area (Å²) in [6.45, 7) is 2.81. The average molecular weight is 344 g/mol. The van der Waals surface area contributed by atoms with Crippen LogP contribution < -0.4 is 0 Å². The van der Waals surface area contributed by atoms with Gasteiger partial charge < -0.3 is 10.0 Å². The minimum absolute atomic E-state index is 0.000673. The second-order valence-electron chi connectivity index (χ2n) is 7.55. The van der Waals surface area contributed by atoms with Gasteiger partial charge in [-0.25, -0.2) is 0 Å². The third-order valence-corrected chi connectivity index (χ3v) is 5.92. The molecule has 5 heteroatoms. The Hall–Kier alpha value is -1.88. The lowest BCUT2D eigenvalue weighted by molar-refractivity contribution is -0.144. The van der Waals surface area contributed by atoms with Gasteiger partial charge in [0.15, 0.2) is 0 Å². The molecule has 1 aliphatic heterocycles. The van der Waals surface area contributed by atoms with Gasteiger partial charge in [0.05, 0.1) is 6.54 Å². The number of carboxylic acids is 1. The fourth-order valence-corrected chi connectivity index (χ4v) is 4.43. The molecule has 5 nitrogen and oxygen atoms in total. The molecule has 1 aromatic rings. The maximum atomic E-state index is 12.7. The topological polar surface area (TPSA) is 60.9 Å². The first kappa shape index (κ1) is 17.9. The van der Waals surface area contributed by atoms with Crippen molar-refractivity contribution in [2.24, 2.45) is 5.92 Å². The van der Waals surface area contributed by atoms with E-state index in [0.717, 1.165) is 24.8 Å². The van der Waals surface area contributed by atoms with Gasteiger partial charge in [-0.2, -0.15) is 0 Å². The summed E-state index contributed by atoms with van der Waals surface area (Å²) in [7, 11) is 1.80. The first-order chi connectivity index (χ1) is 12.0. The third kappa shape index (κ3) is 3.87. The van der Waals surface area contributed by atoms with Crippen LogP contribution in [0.3, 0.4) is 0 Å². The Morgan fingerprint density at radius 3 is 2.68 bits per heavy atom. The molecule has 0 bridgehead atoms. The number of carbonyl (C=O) groups is 2. The lowest BCUT2D eigenvalue weighted by Crippen LogP contribution is -2.47. The minimum atomic E-state index is -0.788. The van der Waals surface area contributed by atoms with Gasteiger partial charge in [-0.3, -0.25) is 14.5 Å². The SMILES string of the molecule is Cc1ccccc1CN(C)C(=O)CN1[C@H](C(=O)O)C[C@H]2CCCC[C@@H]21. The molecule has 2 aliphatic rings. The monoisotopic (exact) mass is 344 g/mol. The van der Waals surface area contributed by atoms with E-state index in [1.807, 2.05) is 36.1 Å². The number of nitrogens with zero attached hydrogens (tertiary/aromatic N) is 2. The van der Waals surface area contributed by atoms with Crippen molar-refractivity contribution in [3.05, 3.63) is 35.4 Å². The Morgan fingerprint density at radius 1 is 1.24 bits per heavy atom. The van der Waals surface area contributed by atoms with Gasteiger partial charge in [0.25, 0.3) is 0 Å². The standard InChI is InChI=1S/C20H28N2O3/c1-14-7-3-4-9-16(14)12-21(2)19(23)13-22-17-10-6-5-8-15(17)11-18(22)20(24)25/h3-4,7,9,15,17-18H,5-6,8,10-13H2,1-2H3,(H,24,25)/t15-,17+,18+/m1/s1. The molecule has 1 heterocycles. The van der Waals surface area contributed by atoms with E-state index in [2.05, 4.69) is 0 Å². The van der Waals surface area contributed by atoms with E-state index in [1.54, 1.807) is 11.9 Å². The zero-order chi connectivity index (χ0) is 18.0. The van der Waals surface area contributed by atoms with Crippen molar-refractivity contribution < 1.29 is 14.7 Å². The summed E-state index contributed by atoms with van der Waals surface area (Å²) >= 11 is 0. The number of amides is 1. The van der Waals surface area contributed by atoms with Crippen LogP contribution in [0.4, 0.5) is 0 Å². The highest BCUT2D eigenvalue weighted by molar-refractivity contribution is 5.80. The first-order valence-electron chi connectivity index (χ1n) is 9.24. The highest BCUT2D eigenvalue weighted by atomic mass is 16.4. The smallest absolute Gasteiger partial charge is 0.320 e. The third-order valence-electron chi connectivity index (χ3n) is 5.92. The van der Waals surface area contributed by atoms with Crippen LogP contribution in [0.5, 0.6) is 0 Å². The fraction of sp³-hybridized carbons (Fsp3) is 0.600. The van der Waals surface area contributed by atoms with E-state index in [9.17, 15) is 14.7 Å². The molecule has 25 heavy (non-hydrogen) atoms. The van der Waals surface area contributed by atoms with Gasteiger partial charge in [0.2, 0.25) is 5.91 Å². The minimum Gasteiger partial charge on any atom is -0.480 e. The normalized spacial score (nSPS) is 26.2. The highest BCUT2D eigenvalue weighted by Gasteiger charge is 2.45. The van der Waals surface area contributed by atoms with Crippen LogP contribution >= 0.6 is 0 Å². The Bertz CT molecular complexity index is 646. The number of hydrogen-bond donors (Lipinski definition) is 1. The van der Waals surface area contributed by atoms with Gasteiger partial charge in [-0.05, 0) is 43.2 Å². The summed E-state index contributed by atoms with van der Waals surface area (Å²) in [6.07, 6.45) is 5.12. The van der Waals surface area contributed by atoms with Crippen LogP contribution in [-0.4, -0.2) is 52.5 Å². The van der Waals surface area contributed by atoms with Crippen LogP contribution in [0, 0.1) is 12.8 Å². The molecule has 1 N–H and O–H groups in total.